The lowest BCUT2D eigenvalue weighted by atomic mass is 9.79. The van der Waals surface area contributed by atoms with Crippen molar-refractivity contribution in [1.82, 2.24) is 0 Å². The number of hydrogen-bond acceptors (Lipinski definition) is 2. The summed E-state index contributed by atoms with van der Waals surface area (Å²) in [6.07, 6.45) is 4.10. The van der Waals surface area contributed by atoms with Crippen LogP contribution in [0.1, 0.15) is 29.7 Å². The number of halogens is 2. The Hall–Kier alpha value is -1.32. The highest BCUT2D eigenvalue weighted by Gasteiger charge is 2.36. The van der Waals surface area contributed by atoms with Crippen LogP contribution in [0.15, 0.2) is 34.9 Å². The first-order chi connectivity index (χ1) is 9.08. The Kier molecular flexibility index (Phi) is 3.11. The summed E-state index contributed by atoms with van der Waals surface area (Å²) in [4.78, 5) is 0. The van der Waals surface area contributed by atoms with Crippen LogP contribution in [-0.4, -0.2) is 5.11 Å². The second-order valence-electron chi connectivity index (χ2n) is 5.06. The number of aliphatic hydroxyl groups is 1. The van der Waals surface area contributed by atoms with Gasteiger partial charge in [0, 0.05) is 23.4 Å². The van der Waals surface area contributed by atoms with Gasteiger partial charge in [0.1, 0.15) is 11.6 Å². The topological polar surface area (TPSA) is 33.4 Å². The van der Waals surface area contributed by atoms with Crippen molar-refractivity contribution < 1.29 is 13.9 Å². The molecule has 2 aromatic rings. The molecule has 3 rings (SSSR count). The second-order valence-corrected chi connectivity index (χ2v) is 5.49. The van der Waals surface area contributed by atoms with Crippen molar-refractivity contribution in [3.8, 4) is 0 Å². The van der Waals surface area contributed by atoms with Gasteiger partial charge < -0.3 is 9.52 Å². The minimum Gasteiger partial charge on any atom is -0.469 e. The smallest absolute Gasteiger partial charge is 0.127 e. The molecule has 1 aliphatic carbocycles. The number of hydrogen-bond donors (Lipinski definition) is 1. The first kappa shape index (κ1) is 12.7. The van der Waals surface area contributed by atoms with Gasteiger partial charge in [-0.3, -0.25) is 0 Å². The highest BCUT2D eigenvalue weighted by Crippen LogP contribution is 2.39. The van der Waals surface area contributed by atoms with E-state index in [4.69, 9.17) is 16.0 Å². The van der Waals surface area contributed by atoms with E-state index in [-0.39, 0.29) is 12.2 Å². The Labute approximate surface area is 115 Å². The average molecular weight is 281 g/mol. The van der Waals surface area contributed by atoms with Gasteiger partial charge in [0.15, 0.2) is 0 Å². The lowest BCUT2D eigenvalue weighted by Crippen LogP contribution is -2.32. The number of fused-ring (bicyclic) bond motifs is 1. The molecule has 1 aliphatic rings. The van der Waals surface area contributed by atoms with Crippen molar-refractivity contribution in [2.45, 2.75) is 31.3 Å². The third-order valence-electron chi connectivity index (χ3n) is 3.74. The van der Waals surface area contributed by atoms with Crippen LogP contribution in [0.5, 0.6) is 0 Å². The monoisotopic (exact) mass is 280 g/mol. The molecule has 0 fully saturated rings. The van der Waals surface area contributed by atoms with Crippen LogP contribution >= 0.6 is 11.6 Å². The van der Waals surface area contributed by atoms with E-state index in [2.05, 4.69) is 0 Å². The summed E-state index contributed by atoms with van der Waals surface area (Å²) in [6.45, 7) is 0. The summed E-state index contributed by atoms with van der Waals surface area (Å²) in [5, 5.41) is 11.2. The van der Waals surface area contributed by atoms with Crippen LogP contribution in [0, 0.1) is 5.82 Å². The SMILES string of the molecule is OC1(Cc2ccc(Cl)cc2F)CCCc2occc21. The maximum absolute atomic E-state index is 13.9. The number of benzene rings is 1. The molecule has 0 spiro atoms. The summed E-state index contributed by atoms with van der Waals surface area (Å²) in [5.41, 5.74) is 0.212. The van der Waals surface area contributed by atoms with Crippen molar-refractivity contribution in [3.05, 3.63) is 58.3 Å². The van der Waals surface area contributed by atoms with Crippen molar-refractivity contribution in [2.75, 3.05) is 0 Å². The Balaban J connectivity index is 1.95. The fraction of sp³-hybridized carbons (Fsp3) is 0.333. The molecule has 0 amide bonds. The van der Waals surface area contributed by atoms with E-state index >= 15 is 0 Å². The molecule has 0 aliphatic heterocycles. The first-order valence-corrected chi connectivity index (χ1v) is 6.69. The molecule has 0 bridgehead atoms. The van der Waals surface area contributed by atoms with Crippen molar-refractivity contribution in [2.24, 2.45) is 0 Å². The van der Waals surface area contributed by atoms with E-state index in [1.54, 1.807) is 24.5 Å². The molecule has 1 N–H and O–H groups in total. The predicted octanol–water partition coefficient (Wildman–Crippen LogP) is 3.84. The Morgan fingerprint density at radius 2 is 2.21 bits per heavy atom. The third kappa shape index (κ3) is 2.28. The summed E-state index contributed by atoms with van der Waals surface area (Å²) in [5.74, 6) is 0.430. The minimum absolute atomic E-state index is 0.239. The van der Waals surface area contributed by atoms with Gasteiger partial charge in [-0.25, -0.2) is 4.39 Å². The van der Waals surface area contributed by atoms with E-state index in [1.165, 1.54) is 6.07 Å². The number of aryl methyl sites for hydroxylation is 1. The molecule has 2 nitrogen and oxygen atoms in total. The molecule has 1 heterocycles. The van der Waals surface area contributed by atoms with Crippen LogP contribution in [0.4, 0.5) is 4.39 Å². The molecule has 0 saturated heterocycles. The largest absolute Gasteiger partial charge is 0.469 e. The van der Waals surface area contributed by atoms with Gasteiger partial charge in [-0.05, 0) is 36.6 Å². The fourth-order valence-corrected chi connectivity index (χ4v) is 2.95. The van der Waals surface area contributed by atoms with Gasteiger partial charge in [0.05, 0.1) is 11.9 Å². The van der Waals surface area contributed by atoms with Gasteiger partial charge in [-0.15, -0.1) is 0 Å². The molecule has 1 aromatic heterocycles. The molecule has 100 valence electrons. The normalized spacial score (nSPS) is 22.3. The second kappa shape index (κ2) is 4.66. The predicted molar refractivity (Wildman–Crippen MR) is 70.7 cm³/mol. The maximum atomic E-state index is 13.9. The van der Waals surface area contributed by atoms with Crippen molar-refractivity contribution >= 4 is 11.6 Å². The van der Waals surface area contributed by atoms with Crippen molar-refractivity contribution in [3.63, 3.8) is 0 Å². The van der Waals surface area contributed by atoms with E-state index in [9.17, 15) is 9.50 Å². The molecule has 19 heavy (non-hydrogen) atoms. The molecule has 0 saturated carbocycles. The standard InChI is InChI=1S/C15H14ClFO2/c16-11-4-3-10(13(17)8-11)9-15(18)6-1-2-14-12(15)5-7-19-14/h3-5,7-8,18H,1-2,6,9H2. The number of furan rings is 1. The first-order valence-electron chi connectivity index (χ1n) is 6.32. The zero-order valence-electron chi connectivity index (χ0n) is 10.3. The molecule has 4 heteroatoms. The van der Waals surface area contributed by atoms with Crippen LogP contribution in [-0.2, 0) is 18.4 Å². The lowest BCUT2D eigenvalue weighted by molar-refractivity contribution is 0.0161. The average Bonchev–Trinajstić information content (AvgIpc) is 2.83. The summed E-state index contributed by atoms with van der Waals surface area (Å²) in [6, 6.07) is 6.33. The minimum atomic E-state index is -1.05. The highest BCUT2D eigenvalue weighted by molar-refractivity contribution is 6.30. The van der Waals surface area contributed by atoms with Gasteiger partial charge in [0.2, 0.25) is 0 Å². The lowest BCUT2D eigenvalue weighted by Gasteiger charge is -2.32. The van der Waals surface area contributed by atoms with Gasteiger partial charge >= 0.3 is 0 Å². The highest BCUT2D eigenvalue weighted by atomic mass is 35.5. The Bertz CT molecular complexity index is 608. The fourth-order valence-electron chi connectivity index (χ4n) is 2.79. The van der Waals surface area contributed by atoms with Crippen LogP contribution < -0.4 is 0 Å². The van der Waals surface area contributed by atoms with E-state index in [0.717, 1.165) is 24.2 Å². The molecule has 0 radical (unpaired) electrons. The van der Waals surface area contributed by atoms with Gasteiger partial charge in [-0.2, -0.15) is 0 Å². The van der Waals surface area contributed by atoms with Gasteiger partial charge in [0.25, 0.3) is 0 Å². The Morgan fingerprint density at radius 3 is 3.00 bits per heavy atom. The van der Waals surface area contributed by atoms with E-state index in [1.807, 2.05) is 0 Å². The van der Waals surface area contributed by atoms with Crippen molar-refractivity contribution in [1.29, 1.82) is 0 Å². The maximum Gasteiger partial charge on any atom is 0.127 e. The van der Waals surface area contributed by atoms with Gasteiger partial charge in [-0.1, -0.05) is 17.7 Å². The molecular weight excluding hydrogens is 267 g/mol. The summed E-state index contributed by atoms with van der Waals surface area (Å²) < 4.78 is 19.2. The summed E-state index contributed by atoms with van der Waals surface area (Å²) in [7, 11) is 0. The third-order valence-corrected chi connectivity index (χ3v) is 3.97. The number of rotatable bonds is 2. The molecule has 1 atom stereocenters. The van der Waals surface area contributed by atoms with Crippen LogP contribution in [0.25, 0.3) is 0 Å². The molecule has 1 aromatic carbocycles. The van der Waals surface area contributed by atoms with E-state index < -0.39 is 5.60 Å². The van der Waals surface area contributed by atoms with E-state index in [0.29, 0.717) is 17.0 Å². The van der Waals surface area contributed by atoms with Crippen LogP contribution in [0.2, 0.25) is 5.02 Å². The zero-order chi connectivity index (χ0) is 13.5. The van der Waals surface area contributed by atoms with Crippen LogP contribution in [0.3, 0.4) is 0 Å². The quantitative estimate of drug-likeness (QED) is 0.907. The molecular formula is C15H14ClFO2. The zero-order valence-corrected chi connectivity index (χ0v) is 11.1. The summed E-state index contributed by atoms with van der Waals surface area (Å²) >= 11 is 5.74. The molecule has 1 unspecified atom stereocenters. The Morgan fingerprint density at radius 1 is 1.37 bits per heavy atom.